The molecule has 0 aliphatic carbocycles. The number of aromatic nitrogens is 2. The predicted octanol–water partition coefficient (Wildman–Crippen LogP) is 3.86. The molecule has 1 aromatic heterocycles. The first-order valence-corrected chi connectivity index (χ1v) is 8.30. The summed E-state index contributed by atoms with van der Waals surface area (Å²) in [5, 5.41) is 0.697. The first kappa shape index (κ1) is 17.9. The van der Waals surface area contributed by atoms with Crippen molar-refractivity contribution in [2.75, 3.05) is 25.0 Å². The predicted molar refractivity (Wildman–Crippen MR) is 90.6 cm³/mol. The summed E-state index contributed by atoms with van der Waals surface area (Å²) >= 11 is 6.01. The number of likely N-dealkylation sites (N-methyl/N-ethyl adjacent to an activating group) is 1. The van der Waals surface area contributed by atoms with Crippen LogP contribution in [0.3, 0.4) is 0 Å². The highest BCUT2D eigenvalue weighted by Crippen LogP contribution is 2.29. The fourth-order valence-electron chi connectivity index (χ4n) is 3.00. The fourth-order valence-corrected chi connectivity index (χ4v) is 3.22. The molecule has 0 N–H and O–H groups in total. The van der Waals surface area contributed by atoms with E-state index in [1.54, 1.807) is 11.9 Å². The van der Waals surface area contributed by atoms with Crippen LogP contribution in [-0.2, 0) is 12.7 Å². The second-order valence-electron chi connectivity index (χ2n) is 6.16. The van der Waals surface area contributed by atoms with E-state index in [1.807, 2.05) is 24.3 Å². The second-order valence-corrected chi connectivity index (χ2v) is 6.59. The molecule has 2 heterocycles. The number of likely N-dealkylation sites (tertiary alicyclic amines) is 1. The zero-order chi connectivity index (χ0) is 18.0. The quantitative estimate of drug-likeness (QED) is 0.818. The molecule has 1 aliphatic heterocycles. The van der Waals surface area contributed by atoms with Gasteiger partial charge in [-0.1, -0.05) is 23.7 Å². The van der Waals surface area contributed by atoms with Crippen LogP contribution < -0.4 is 4.90 Å². The van der Waals surface area contributed by atoms with E-state index in [1.165, 1.54) is 0 Å². The third kappa shape index (κ3) is 4.41. The molecule has 25 heavy (non-hydrogen) atoms. The summed E-state index contributed by atoms with van der Waals surface area (Å²) in [6, 6.07) is 8.64. The molecule has 1 unspecified atom stereocenters. The van der Waals surface area contributed by atoms with Crippen molar-refractivity contribution in [3.63, 3.8) is 0 Å². The maximum Gasteiger partial charge on any atom is 0.433 e. The van der Waals surface area contributed by atoms with E-state index in [0.717, 1.165) is 43.9 Å². The number of halogens is 4. The van der Waals surface area contributed by atoms with Gasteiger partial charge in [0.1, 0.15) is 5.69 Å². The minimum atomic E-state index is -4.47. The topological polar surface area (TPSA) is 32.3 Å². The van der Waals surface area contributed by atoms with Gasteiger partial charge in [-0.15, -0.1) is 0 Å². The van der Waals surface area contributed by atoms with Gasteiger partial charge in [-0.25, -0.2) is 9.97 Å². The van der Waals surface area contributed by atoms with Crippen LogP contribution in [0.1, 0.15) is 17.7 Å². The maximum atomic E-state index is 12.8. The lowest BCUT2D eigenvalue weighted by Gasteiger charge is -2.25. The monoisotopic (exact) mass is 370 g/mol. The molecular formula is C17H18ClF3N4. The zero-order valence-electron chi connectivity index (χ0n) is 13.7. The molecule has 1 aliphatic rings. The molecule has 1 saturated heterocycles. The minimum absolute atomic E-state index is 0.0719. The molecular weight excluding hydrogens is 353 g/mol. The Labute approximate surface area is 149 Å². The SMILES string of the molecule is CN(c1nccc(C(F)(F)F)n1)C1CCN(Cc2cccc(Cl)c2)C1. The van der Waals surface area contributed by atoms with E-state index in [2.05, 4.69) is 14.9 Å². The number of benzene rings is 1. The van der Waals surface area contributed by atoms with Crippen molar-refractivity contribution < 1.29 is 13.2 Å². The van der Waals surface area contributed by atoms with Crippen LogP contribution >= 0.6 is 11.6 Å². The highest BCUT2D eigenvalue weighted by atomic mass is 35.5. The first-order chi connectivity index (χ1) is 11.8. The zero-order valence-corrected chi connectivity index (χ0v) is 14.4. The summed E-state index contributed by atoms with van der Waals surface area (Å²) in [5.41, 5.74) is 0.198. The average Bonchev–Trinajstić information content (AvgIpc) is 3.02. The molecule has 0 radical (unpaired) electrons. The maximum absolute atomic E-state index is 12.8. The largest absolute Gasteiger partial charge is 0.433 e. The number of alkyl halides is 3. The van der Waals surface area contributed by atoms with E-state index in [-0.39, 0.29) is 12.0 Å². The Morgan fingerprint density at radius 3 is 2.84 bits per heavy atom. The highest BCUT2D eigenvalue weighted by Gasteiger charge is 2.34. The van der Waals surface area contributed by atoms with Crippen molar-refractivity contribution in [2.24, 2.45) is 0 Å². The molecule has 4 nitrogen and oxygen atoms in total. The van der Waals surface area contributed by atoms with Gasteiger partial charge >= 0.3 is 6.18 Å². The molecule has 0 amide bonds. The molecule has 134 valence electrons. The van der Waals surface area contributed by atoms with Crippen LogP contribution in [0.25, 0.3) is 0 Å². The third-order valence-corrected chi connectivity index (χ3v) is 4.57. The summed E-state index contributed by atoms with van der Waals surface area (Å²) in [6.07, 6.45) is -2.47. The molecule has 1 fully saturated rings. The lowest BCUT2D eigenvalue weighted by Crippen LogP contribution is -2.35. The van der Waals surface area contributed by atoms with Crippen molar-refractivity contribution in [1.29, 1.82) is 0 Å². The Bertz CT molecular complexity index is 738. The van der Waals surface area contributed by atoms with Gasteiger partial charge < -0.3 is 4.90 Å². The van der Waals surface area contributed by atoms with E-state index in [0.29, 0.717) is 5.02 Å². The van der Waals surface area contributed by atoms with Crippen LogP contribution in [0.5, 0.6) is 0 Å². The van der Waals surface area contributed by atoms with Gasteiger partial charge in [0, 0.05) is 43.9 Å². The molecule has 2 aromatic rings. The highest BCUT2D eigenvalue weighted by molar-refractivity contribution is 6.30. The van der Waals surface area contributed by atoms with Crippen molar-refractivity contribution in [3.8, 4) is 0 Å². The fraction of sp³-hybridized carbons (Fsp3) is 0.412. The Hall–Kier alpha value is -1.86. The van der Waals surface area contributed by atoms with Gasteiger partial charge in [-0.05, 0) is 30.2 Å². The van der Waals surface area contributed by atoms with Gasteiger partial charge in [0.2, 0.25) is 5.95 Å². The standard InChI is InChI=1S/C17H18ClF3N4/c1-24(16-22-7-5-15(23-16)17(19,20)21)14-6-8-25(11-14)10-12-3-2-4-13(18)9-12/h2-5,7,9,14H,6,8,10-11H2,1H3. The third-order valence-electron chi connectivity index (χ3n) is 4.34. The van der Waals surface area contributed by atoms with Crippen molar-refractivity contribution in [2.45, 2.75) is 25.2 Å². The lowest BCUT2D eigenvalue weighted by molar-refractivity contribution is -0.141. The molecule has 0 saturated carbocycles. The van der Waals surface area contributed by atoms with E-state index in [9.17, 15) is 13.2 Å². The van der Waals surface area contributed by atoms with Gasteiger partial charge in [0.05, 0.1) is 0 Å². The van der Waals surface area contributed by atoms with Crippen molar-refractivity contribution in [1.82, 2.24) is 14.9 Å². The smallest absolute Gasteiger partial charge is 0.340 e. The molecule has 3 rings (SSSR count). The van der Waals surface area contributed by atoms with Gasteiger partial charge in [-0.3, -0.25) is 4.90 Å². The summed E-state index contributed by atoms with van der Waals surface area (Å²) in [5.74, 6) is 0.101. The number of hydrogen-bond donors (Lipinski definition) is 0. The normalized spacial score (nSPS) is 18.5. The van der Waals surface area contributed by atoms with E-state index >= 15 is 0 Å². The number of nitrogens with zero attached hydrogens (tertiary/aromatic N) is 4. The number of anilines is 1. The lowest BCUT2D eigenvalue weighted by atomic mass is 10.2. The summed E-state index contributed by atoms with van der Waals surface area (Å²) in [6.45, 7) is 2.36. The number of rotatable bonds is 4. The van der Waals surface area contributed by atoms with Gasteiger partial charge in [0.25, 0.3) is 0 Å². The van der Waals surface area contributed by atoms with Crippen LogP contribution in [0.2, 0.25) is 5.02 Å². The van der Waals surface area contributed by atoms with Crippen LogP contribution in [0.4, 0.5) is 19.1 Å². The first-order valence-electron chi connectivity index (χ1n) is 7.93. The Morgan fingerprint density at radius 1 is 1.32 bits per heavy atom. The second kappa shape index (κ2) is 7.17. The van der Waals surface area contributed by atoms with Crippen molar-refractivity contribution >= 4 is 17.5 Å². The van der Waals surface area contributed by atoms with Gasteiger partial charge in [-0.2, -0.15) is 13.2 Å². The minimum Gasteiger partial charge on any atom is -0.340 e. The molecule has 1 atom stereocenters. The molecule has 0 bridgehead atoms. The van der Waals surface area contributed by atoms with E-state index < -0.39 is 11.9 Å². The summed E-state index contributed by atoms with van der Waals surface area (Å²) < 4.78 is 38.5. The average molecular weight is 371 g/mol. The van der Waals surface area contributed by atoms with Crippen LogP contribution in [0.15, 0.2) is 36.5 Å². The molecule has 8 heteroatoms. The molecule has 0 spiro atoms. The van der Waals surface area contributed by atoms with E-state index in [4.69, 9.17) is 11.6 Å². The molecule has 1 aromatic carbocycles. The Balaban J connectivity index is 1.65. The Kier molecular flexibility index (Phi) is 5.15. The Morgan fingerprint density at radius 2 is 2.12 bits per heavy atom. The van der Waals surface area contributed by atoms with Gasteiger partial charge in [0.15, 0.2) is 0 Å². The van der Waals surface area contributed by atoms with Crippen LogP contribution in [-0.4, -0.2) is 41.0 Å². The summed E-state index contributed by atoms with van der Waals surface area (Å²) in [7, 11) is 1.74. The summed E-state index contributed by atoms with van der Waals surface area (Å²) in [4.78, 5) is 11.6. The number of hydrogen-bond acceptors (Lipinski definition) is 4. The van der Waals surface area contributed by atoms with Crippen molar-refractivity contribution in [3.05, 3.63) is 52.8 Å². The van der Waals surface area contributed by atoms with Crippen LogP contribution in [0, 0.1) is 0 Å².